The van der Waals surface area contributed by atoms with Crippen LogP contribution in [-0.4, -0.2) is 0 Å². The summed E-state index contributed by atoms with van der Waals surface area (Å²) in [7, 11) is 0. The van der Waals surface area contributed by atoms with Crippen molar-refractivity contribution in [1.82, 2.24) is 18.5 Å². The van der Waals surface area contributed by atoms with Crippen molar-refractivity contribution in [2.75, 3.05) is 0 Å². The van der Waals surface area contributed by atoms with E-state index >= 15 is 0 Å². The van der Waals surface area contributed by atoms with E-state index < -0.39 is 0 Å². The van der Waals surface area contributed by atoms with Crippen molar-refractivity contribution >= 4 is 0 Å². The quantitative estimate of drug-likeness (QED) is 0.485. The van der Waals surface area contributed by atoms with Crippen LogP contribution in [0.3, 0.4) is 0 Å². The zero-order valence-corrected chi connectivity index (χ0v) is 5.23. The molecule has 0 fully saturated rings. The second-order valence-corrected chi connectivity index (χ2v) is 0. The van der Waals surface area contributed by atoms with Crippen molar-refractivity contribution < 1.29 is 16.8 Å². The Balaban J connectivity index is 0. The maximum atomic E-state index is 0. The smallest absolute Gasteiger partial charge is 0 e. The van der Waals surface area contributed by atoms with E-state index in [9.17, 15) is 0 Å². The van der Waals surface area contributed by atoms with Crippen molar-refractivity contribution in [3.05, 3.63) is 18.5 Å². The molecule has 0 unspecified atom stereocenters. The van der Waals surface area contributed by atoms with Gasteiger partial charge in [-0.1, -0.05) is 0 Å². The van der Waals surface area contributed by atoms with E-state index in [0.29, 0.717) is 0 Å². The molecule has 0 amide bonds. The van der Waals surface area contributed by atoms with E-state index in [2.05, 4.69) is 0 Å². The van der Waals surface area contributed by atoms with Crippen LogP contribution < -0.4 is 18.5 Å². The number of hydrogen-bond acceptors (Lipinski definition) is 3. The van der Waals surface area contributed by atoms with Gasteiger partial charge in [-0.2, -0.15) is 0 Å². The minimum Gasteiger partial charge on any atom is -0.693 e. The molecule has 0 bridgehead atoms. The topological polar surface area (TPSA) is 206 Å². The van der Waals surface area contributed by atoms with E-state index in [1.165, 1.54) is 0 Å². The molecular formula is H15CoN6-3. The zero-order chi connectivity index (χ0) is 0. The molecule has 0 aromatic heterocycles. The van der Waals surface area contributed by atoms with Crippen molar-refractivity contribution in [3.63, 3.8) is 0 Å². The van der Waals surface area contributed by atoms with Gasteiger partial charge >= 0.3 is 0 Å². The van der Waals surface area contributed by atoms with Gasteiger partial charge in [0.15, 0.2) is 0 Å². The molecule has 0 heterocycles. The molecule has 0 rings (SSSR count). The summed E-state index contributed by atoms with van der Waals surface area (Å²) in [6.07, 6.45) is 0. The van der Waals surface area contributed by atoms with Crippen LogP contribution >= 0.6 is 0 Å². The fourth-order valence-electron chi connectivity index (χ4n) is 0. The molecule has 57 valence electrons. The fourth-order valence-corrected chi connectivity index (χ4v) is 0. The molecule has 0 aromatic carbocycles. The van der Waals surface area contributed by atoms with Crippen molar-refractivity contribution in [3.8, 4) is 0 Å². The Morgan fingerprint density at radius 3 is 0.429 bits per heavy atom. The van der Waals surface area contributed by atoms with Gasteiger partial charge in [-0.25, -0.2) is 0 Å². The minimum atomic E-state index is 0. The third-order valence-corrected chi connectivity index (χ3v) is 0. The molecule has 1 radical (unpaired) electrons. The monoisotopic (exact) mass is 158 g/mol. The van der Waals surface area contributed by atoms with Crippen LogP contribution in [0.1, 0.15) is 0 Å². The van der Waals surface area contributed by atoms with Crippen molar-refractivity contribution in [2.45, 2.75) is 0 Å². The molecule has 7 heteroatoms. The van der Waals surface area contributed by atoms with E-state index in [-0.39, 0.29) is 53.7 Å². The molecule has 15 N–H and O–H groups in total. The molecule has 0 aromatic rings. The van der Waals surface area contributed by atoms with Crippen molar-refractivity contribution in [1.29, 1.82) is 0 Å². The van der Waals surface area contributed by atoms with Crippen LogP contribution in [0.25, 0.3) is 18.5 Å². The first-order valence-corrected chi connectivity index (χ1v) is 0. The summed E-state index contributed by atoms with van der Waals surface area (Å²) in [5.74, 6) is 0. The average Bonchev–Trinajstić information content (AvgIpc) is 0. The van der Waals surface area contributed by atoms with E-state index in [0.717, 1.165) is 0 Å². The Labute approximate surface area is 54.5 Å². The standard InChI is InChI=1S/Co.3H3N.3H2N/h;3*1H3;3*1H2/q;;;;3*-1. The number of nitrogens with two attached hydrogens (primary N) is 3. The fraction of sp³-hybridized carbons (Fsp3) is 0. The Hall–Kier alpha value is 0.266. The van der Waals surface area contributed by atoms with Gasteiger partial charge in [-0.15, -0.1) is 0 Å². The molecule has 6 nitrogen and oxygen atoms in total. The summed E-state index contributed by atoms with van der Waals surface area (Å²) < 4.78 is 0. The molecule has 0 aliphatic heterocycles. The Kier molecular flexibility index (Phi) is 1400000. The Bertz CT molecular complexity index is 4.14. The van der Waals surface area contributed by atoms with E-state index in [4.69, 9.17) is 0 Å². The zero-order valence-electron chi connectivity index (χ0n) is 4.19. The summed E-state index contributed by atoms with van der Waals surface area (Å²) in [5.41, 5.74) is 0. The van der Waals surface area contributed by atoms with Gasteiger partial charge in [-0.05, 0) is 0 Å². The molecule has 0 saturated carbocycles. The first-order chi connectivity index (χ1) is 0. The molecule has 0 aliphatic carbocycles. The van der Waals surface area contributed by atoms with Crippen LogP contribution in [0, 0.1) is 0 Å². The molecular weight excluding hydrogens is 143 g/mol. The molecule has 0 saturated heterocycles. The second-order valence-electron chi connectivity index (χ2n) is 0. The average molecular weight is 158 g/mol. The molecule has 0 atom stereocenters. The van der Waals surface area contributed by atoms with Gasteiger partial charge in [0.25, 0.3) is 0 Å². The van der Waals surface area contributed by atoms with Crippen LogP contribution in [0.5, 0.6) is 0 Å². The van der Waals surface area contributed by atoms with Crippen LogP contribution in [0.4, 0.5) is 0 Å². The predicted molar refractivity (Wildman–Crippen MR) is 30.9 cm³/mol. The van der Waals surface area contributed by atoms with Gasteiger partial charge in [0.05, 0.1) is 0 Å². The first kappa shape index (κ1) is 4020. The molecule has 7 heavy (non-hydrogen) atoms. The third kappa shape index (κ3) is 1610. The largest absolute Gasteiger partial charge is 0.693 e. The maximum absolute atomic E-state index is 0. The summed E-state index contributed by atoms with van der Waals surface area (Å²) in [4.78, 5) is 0. The van der Waals surface area contributed by atoms with Crippen LogP contribution in [-0.2, 0) is 16.8 Å². The Morgan fingerprint density at radius 2 is 0.429 bits per heavy atom. The number of hydrogen-bond donors (Lipinski definition) is 3. The normalized spacial score (nSPS) is 0. The van der Waals surface area contributed by atoms with Crippen LogP contribution in [0.15, 0.2) is 0 Å². The van der Waals surface area contributed by atoms with E-state index in [1.807, 2.05) is 0 Å². The molecule has 0 spiro atoms. The summed E-state index contributed by atoms with van der Waals surface area (Å²) in [6, 6.07) is 0. The van der Waals surface area contributed by atoms with Gasteiger partial charge in [0.2, 0.25) is 0 Å². The first-order valence-electron chi connectivity index (χ1n) is 0. The van der Waals surface area contributed by atoms with Gasteiger partial charge in [0, 0.05) is 16.8 Å². The molecule has 0 aliphatic rings. The summed E-state index contributed by atoms with van der Waals surface area (Å²) in [5, 5.41) is 0. The predicted octanol–water partition coefficient (Wildman–Crippen LogP) is 2.63. The van der Waals surface area contributed by atoms with Crippen LogP contribution in [0.2, 0.25) is 0 Å². The van der Waals surface area contributed by atoms with Gasteiger partial charge in [-0.3, -0.25) is 0 Å². The Morgan fingerprint density at radius 1 is 0.429 bits per heavy atom. The minimum absolute atomic E-state index is 0. The second kappa shape index (κ2) is 2450. The van der Waals surface area contributed by atoms with Gasteiger partial charge in [0.1, 0.15) is 0 Å². The summed E-state index contributed by atoms with van der Waals surface area (Å²) in [6.45, 7) is 0. The third-order valence-electron chi connectivity index (χ3n) is 0. The SMILES string of the molecule is N.N.N.[Co].[NH2-].[NH2-].[NH2-]. The summed E-state index contributed by atoms with van der Waals surface area (Å²) >= 11 is 0. The van der Waals surface area contributed by atoms with Gasteiger partial charge < -0.3 is 36.9 Å². The number of rotatable bonds is 0. The maximum Gasteiger partial charge on any atom is 0 e. The van der Waals surface area contributed by atoms with E-state index in [1.54, 1.807) is 0 Å². The van der Waals surface area contributed by atoms with Crippen molar-refractivity contribution in [2.24, 2.45) is 0 Å².